The molecule has 6 N–H and O–H groups in total. The van der Waals surface area contributed by atoms with Gasteiger partial charge in [-0.25, -0.2) is 4.79 Å². The van der Waals surface area contributed by atoms with Crippen LogP contribution in [0.4, 0.5) is 0 Å². The van der Waals surface area contributed by atoms with Crippen LogP contribution in [0.5, 0.6) is 0 Å². The summed E-state index contributed by atoms with van der Waals surface area (Å²) >= 11 is 0. The van der Waals surface area contributed by atoms with Gasteiger partial charge in [-0.1, -0.05) is 13.8 Å². The first kappa shape index (κ1) is 29.3. The van der Waals surface area contributed by atoms with Gasteiger partial charge in [-0.05, 0) is 80.5 Å². The summed E-state index contributed by atoms with van der Waals surface area (Å²) in [6, 6.07) is 0. The molecular formula is C28H44O11. The van der Waals surface area contributed by atoms with E-state index < -0.39 is 66.2 Å². The summed E-state index contributed by atoms with van der Waals surface area (Å²) in [6.45, 7) is 3.47. The van der Waals surface area contributed by atoms with E-state index in [-0.39, 0.29) is 42.1 Å². The number of carbonyl (C=O) groups excluding carboxylic acids is 2. The molecule has 1 aliphatic heterocycles. The van der Waals surface area contributed by atoms with E-state index >= 15 is 0 Å². The van der Waals surface area contributed by atoms with Crippen molar-refractivity contribution in [2.45, 2.75) is 114 Å². The lowest BCUT2D eigenvalue weighted by Crippen LogP contribution is -2.64. The Hall–Kier alpha value is -1.18. The molecule has 39 heavy (non-hydrogen) atoms. The van der Waals surface area contributed by atoms with Gasteiger partial charge in [0, 0.05) is 5.41 Å². The van der Waals surface area contributed by atoms with Gasteiger partial charge < -0.3 is 44.8 Å². The summed E-state index contributed by atoms with van der Waals surface area (Å²) < 4.78 is 15.4. The fourth-order valence-corrected chi connectivity index (χ4v) is 9.40. The number of fused-ring (bicyclic) bond motifs is 5. The normalized spacial score (nSPS) is 53.3. The second kappa shape index (κ2) is 10.3. The van der Waals surface area contributed by atoms with Crippen molar-refractivity contribution >= 4 is 11.8 Å². The minimum atomic E-state index is -1.78. The van der Waals surface area contributed by atoms with E-state index in [0.717, 1.165) is 39.2 Å². The molecule has 14 atom stereocenters. The van der Waals surface area contributed by atoms with Crippen molar-refractivity contribution < 1.29 is 54.4 Å². The first-order valence-electron chi connectivity index (χ1n) is 14.3. The summed E-state index contributed by atoms with van der Waals surface area (Å²) in [7, 11) is 1.08. The number of aliphatic hydroxyl groups excluding tert-OH is 5. The molecule has 5 fully saturated rings. The van der Waals surface area contributed by atoms with Crippen LogP contribution in [0.25, 0.3) is 0 Å². The van der Waals surface area contributed by atoms with Crippen LogP contribution < -0.4 is 0 Å². The zero-order valence-electron chi connectivity index (χ0n) is 22.9. The lowest BCUT2D eigenvalue weighted by molar-refractivity contribution is -0.293. The molecule has 1 heterocycles. The maximum Gasteiger partial charge on any atom is 0.337 e. The summed E-state index contributed by atoms with van der Waals surface area (Å²) in [5.41, 5.74) is -2.75. The van der Waals surface area contributed by atoms with Crippen LogP contribution in [0, 0.1) is 34.5 Å². The first-order chi connectivity index (χ1) is 18.3. The van der Waals surface area contributed by atoms with Crippen LogP contribution in [0.15, 0.2) is 0 Å². The zero-order chi connectivity index (χ0) is 28.5. The Bertz CT molecular complexity index is 960. The Morgan fingerprint density at radius 3 is 2.36 bits per heavy atom. The minimum absolute atomic E-state index is 0.0293. The fourth-order valence-electron chi connectivity index (χ4n) is 9.40. The molecule has 0 unspecified atom stereocenters. The monoisotopic (exact) mass is 556 g/mol. The van der Waals surface area contributed by atoms with Gasteiger partial charge >= 0.3 is 5.97 Å². The second-order valence-corrected chi connectivity index (χ2v) is 13.2. The molecular weight excluding hydrogens is 512 g/mol. The SMILES string of the molecule is COC(=O)[C@H]1O[C@@H](OCC(=O)[C@@]2(O)CC[C@H]3[C@@H]4CC[C@@H]5C[C@H](O)CC[C@]5(C)[C@H]4[C@@H](O)C[C@@]32C)[C@H](O)[C@@H](O)[C@@H]1O. The molecule has 5 aliphatic rings. The summed E-state index contributed by atoms with van der Waals surface area (Å²) in [5, 5.41) is 64.3. The Morgan fingerprint density at radius 2 is 1.67 bits per heavy atom. The zero-order valence-corrected chi connectivity index (χ0v) is 22.9. The summed E-state index contributed by atoms with van der Waals surface area (Å²) in [4.78, 5) is 25.5. The lowest BCUT2D eigenvalue weighted by atomic mass is 9.43. The second-order valence-electron chi connectivity index (χ2n) is 13.2. The lowest BCUT2D eigenvalue weighted by Gasteiger charge is -2.62. The van der Waals surface area contributed by atoms with Crippen LogP contribution in [-0.4, -0.2) is 105 Å². The van der Waals surface area contributed by atoms with Gasteiger partial charge in [0.05, 0.1) is 19.3 Å². The minimum Gasteiger partial charge on any atom is -0.467 e. The number of ketones is 1. The van der Waals surface area contributed by atoms with Crippen LogP contribution in [0.1, 0.15) is 65.2 Å². The molecule has 11 nitrogen and oxygen atoms in total. The van der Waals surface area contributed by atoms with Crippen molar-refractivity contribution in [3.63, 3.8) is 0 Å². The van der Waals surface area contributed by atoms with Gasteiger partial charge in [0.2, 0.25) is 0 Å². The van der Waals surface area contributed by atoms with E-state index in [9.17, 15) is 40.2 Å². The van der Waals surface area contributed by atoms with Gasteiger partial charge in [0.15, 0.2) is 18.2 Å². The molecule has 0 aromatic heterocycles. The van der Waals surface area contributed by atoms with Crippen molar-refractivity contribution in [3.05, 3.63) is 0 Å². The fraction of sp³-hybridized carbons (Fsp3) is 0.929. The molecule has 1 saturated heterocycles. The molecule has 0 bridgehead atoms. The quantitative estimate of drug-likeness (QED) is 0.244. The highest BCUT2D eigenvalue weighted by Gasteiger charge is 2.68. The number of hydrogen-bond acceptors (Lipinski definition) is 11. The van der Waals surface area contributed by atoms with Crippen molar-refractivity contribution in [3.8, 4) is 0 Å². The van der Waals surface area contributed by atoms with Crippen molar-refractivity contribution in [1.29, 1.82) is 0 Å². The van der Waals surface area contributed by atoms with Crippen molar-refractivity contribution in [1.82, 2.24) is 0 Å². The Kier molecular flexibility index (Phi) is 7.72. The third-order valence-electron chi connectivity index (χ3n) is 11.6. The van der Waals surface area contributed by atoms with Crippen LogP contribution in [-0.2, 0) is 23.8 Å². The molecule has 11 heteroatoms. The number of carbonyl (C=O) groups is 2. The highest BCUT2D eigenvalue weighted by atomic mass is 16.7. The maximum absolute atomic E-state index is 13.6. The van der Waals surface area contributed by atoms with Gasteiger partial charge in [-0.3, -0.25) is 4.79 Å². The van der Waals surface area contributed by atoms with Crippen molar-refractivity contribution in [2.24, 2.45) is 34.5 Å². The maximum atomic E-state index is 13.6. The van der Waals surface area contributed by atoms with E-state index in [0.29, 0.717) is 12.3 Å². The standard InChI is InChI=1S/C28H44O11/c1-26-8-6-14(29)10-13(26)4-5-15-16-7-9-28(36,27(16,2)11-17(30)19(15)26)18(31)12-38-25-22(34)20(32)21(33)23(39-25)24(35)37-3/h13-17,19-23,25,29-30,32-34,36H,4-12H2,1-3H3/t13-,14-,15+,16+,17+,19-,20+,21+,22-,23+,25-,26+,27+,28+/m1/s1. The highest BCUT2D eigenvalue weighted by Crippen LogP contribution is 2.68. The molecule has 0 aromatic rings. The molecule has 0 radical (unpaired) electrons. The predicted molar refractivity (Wildman–Crippen MR) is 134 cm³/mol. The molecule has 0 aromatic carbocycles. The molecule has 0 spiro atoms. The van der Waals surface area contributed by atoms with E-state index in [1.807, 2.05) is 6.92 Å². The van der Waals surface area contributed by atoms with Crippen molar-refractivity contribution in [2.75, 3.05) is 13.7 Å². The average molecular weight is 557 g/mol. The highest BCUT2D eigenvalue weighted by molar-refractivity contribution is 5.89. The molecule has 222 valence electrons. The smallest absolute Gasteiger partial charge is 0.337 e. The van der Waals surface area contributed by atoms with E-state index in [2.05, 4.69) is 11.7 Å². The topological polar surface area (TPSA) is 183 Å². The van der Waals surface area contributed by atoms with Crippen LogP contribution >= 0.6 is 0 Å². The third kappa shape index (κ3) is 4.39. The molecule has 4 saturated carbocycles. The van der Waals surface area contributed by atoms with Gasteiger partial charge in [0.25, 0.3) is 0 Å². The predicted octanol–water partition coefficient (Wildman–Crippen LogP) is -0.342. The van der Waals surface area contributed by atoms with Gasteiger partial charge in [-0.2, -0.15) is 0 Å². The summed E-state index contributed by atoms with van der Waals surface area (Å²) in [5.74, 6) is -1.02. The number of esters is 1. The van der Waals surface area contributed by atoms with Crippen LogP contribution in [0.2, 0.25) is 0 Å². The van der Waals surface area contributed by atoms with E-state index in [1.54, 1.807) is 0 Å². The number of Topliss-reactive ketones (excluding diaryl/α,β-unsaturated/α-hetero) is 1. The third-order valence-corrected chi connectivity index (χ3v) is 11.6. The first-order valence-corrected chi connectivity index (χ1v) is 14.3. The Balaban J connectivity index is 1.31. The molecule has 4 aliphatic carbocycles. The number of aliphatic hydroxyl groups is 6. The van der Waals surface area contributed by atoms with Gasteiger partial charge in [0.1, 0.15) is 30.5 Å². The van der Waals surface area contributed by atoms with E-state index in [1.165, 1.54) is 0 Å². The molecule has 0 amide bonds. The number of methoxy groups -OCH3 is 1. The van der Waals surface area contributed by atoms with Crippen LogP contribution in [0.3, 0.4) is 0 Å². The summed E-state index contributed by atoms with van der Waals surface area (Å²) in [6.07, 6.45) is -4.19. The Labute approximate surface area is 228 Å². The number of ether oxygens (including phenoxy) is 3. The molecule has 5 rings (SSSR count). The average Bonchev–Trinajstić information content (AvgIpc) is 3.17. The van der Waals surface area contributed by atoms with E-state index in [4.69, 9.17) is 9.47 Å². The largest absolute Gasteiger partial charge is 0.467 e. The number of hydrogen-bond donors (Lipinski definition) is 6. The van der Waals surface area contributed by atoms with Gasteiger partial charge in [-0.15, -0.1) is 0 Å². The number of rotatable bonds is 5. The Morgan fingerprint density at radius 1 is 0.949 bits per heavy atom.